The maximum atomic E-state index is 12.9. The van der Waals surface area contributed by atoms with Gasteiger partial charge in [0.2, 0.25) is 0 Å². The van der Waals surface area contributed by atoms with Crippen LogP contribution in [-0.4, -0.2) is 4.98 Å². The predicted molar refractivity (Wildman–Crippen MR) is 54.0 cm³/mol. The van der Waals surface area contributed by atoms with Crippen molar-refractivity contribution < 1.29 is 4.39 Å². The molecule has 0 bridgehead atoms. The van der Waals surface area contributed by atoms with Crippen LogP contribution in [0, 0.1) is 5.82 Å². The standard InChI is InChI=1S/C11H9FN2/c12-10-4-9(6-14-7-10)8-2-1-3-11(13)5-8/h1-7H,13H2. The third-order valence-corrected chi connectivity index (χ3v) is 1.92. The van der Waals surface area contributed by atoms with Crippen LogP contribution in [0.25, 0.3) is 11.1 Å². The number of halogens is 1. The Hall–Kier alpha value is -1.90. The second-order valence-corrected chi connectivity index (χ2v) is 3.02. The van der Waals surface area contributed by atoms with Crippen molar-refractivity contribution in [1.29, 1.82) is 0 Å². The van der Waals surface area contributed by atoms with Gasteiger partial charge < -0.3 is 5.73 Å². The largest absolute Gasteiger partial charge is 0.399 e. The zero-order valence-electron chi connectivity index (χ0n) is 7.44. The summed E-state index contributed by atoms with van der Waals surface area (Å²) in [5.74, 6) is -0.343. The van der Waals surface area contributed by atoms with Gasteiger partial charge in [0.05, 0.1) is 6.20 Å². The number of aromatic nitrogens is 1. The summed E-state index contributed by atoms with van der Waals surface area (Å²) in [5.41, 5.74) is 7.88. The number of nitrogens with two attached hydrogens (primary N) is 1. The summed E-state index contributed by atoms with van der Waals surface area (Å²) < 4.78 is 12.9. The number of nitrogens with zero attached hydrogens (tertiary/aromatic N) is 1. The van der Waals surface area contributed by atoms with Crippen molar-refractivity contribution in [3.63, 3.8) is 0 Å². The van der Waals surface area contributed by atoms with E-state index in [2.05, 4.69) is 4.98 Å². The summed E-state index contributed by atoms with van der Waals surface area (Å²) in [6, 6.07) is 8.71. The van der Waals surface area contributed by atoms with E-state index < -0.39 is 0 Å². The van der Waals surface area contributed by atoms with Crippen molar-refractivity contribution in [2.45, 2.75) is 0 Å². The van der Waals surface area contributed by atoms with Gasteiger partial charge in [0.25, 0.3) is 0 Å². The molecule has 14 heavy (non-hydrogen) atoms. The zero-order valence-corrected chi connectivity index (χ0v) is 7.44. The third kappa shape index (κ3) is 1.71. The zero-order chi connectivity index (χ0) is 9.97. The first-order valence-corrected chi connectivity index (χ1v) is 4.22. The van der Waals surface area contributed by atoms with Crippen LogP contribution in [0.4, 0.5) is 10.1 Å². The van der Waals surface area contributed by atoms with Gasteiger partial charge in [-0.1, -0.05) is 12.1 Å². The lowest BCUT2D eigenvalue weighted by molar-refractivity contribution is 0.622. The van der Waals surface area contributed by atoms with Gasteiger partial charge in [-0.05, 0) is 23.8 Å². The van der Waals surface area contributed by atoms with Crippen LogP contribution in [0.5, 0.6) is 0 Å². The van der Waals surface area contributed by atoms with Crippen molar-refractivity contribution in [3.8, 4) is 11.1 Å². The highest BCUT2D eigenvalue weighted by Gasteiger charge is 1.99. The molecule has 0 fully saturated rings. The van der Waals surface area contributed by atoms with Gasteiger partial charge in [-0.2, -0.15) is 0 Å². The van der Waals surface area contributed by atoms with E-state index in [1.54, 1.807) is 18.3 Å². The van der Waals surface area contributed by atoms with E-state index in [9.17, 15) is 4.39 Å². The van der Waals surface area contributed by atoms with E-state index in [-0.39, 0.29) is 5.82 Å². The van der Waals surface area contributed by atoms with Gasteiger partial charge in [0, 0.05) is 17.4 Å². The molecule has 1 heterocycles. The lowest BCUT2D eigenvalue weighted by atomic mass is 10.1. The molecule has 2 aromatic rings. The Morgan fingerprint density at radius 2 is 1.93 bits per heavy atom. The van der Waals surface area contributed by atoms with E-state index >= 15 is 0 Å². The van der Waals surface area contributed by atoms with Gasteiger partial charge >= 0.3 is 0 Å². The average molecular weight is 188 g/mol. The molecule has 0 saturated heterocycles. The average Bonchev–Trinajstić information content (AvgIpc) is 2.18. The minimum absolute atomic E-state index is 0.343. The molecule has 70 valence electrons. The molecular weight excluding hydrogens is 179 g/mol. The van der Waals surface area contributed by atoms with Gasteiger partial charge in [-0.25, -0.2) is 4.39 Å². The van der Waals surface area contributed by atoms with E-state index in [4.69, 9.17) is 5.73 Å². The van der Waals surface area contributed by atoms with Gasteiger partial charge in [-0.3, -0.25) is 4.98 Å². The lowest BCUT2D eigenvalue weighted by Gasteiger charge is -2.01. The number of rotatable bonds is 1. The topological polar surface area (TPSA) is 38.9 Å². The molecular formula is C11H9FN2. The Kier molecular flexibility index (Phi) is 2.14. The Morgan fingerprint density at radius 1 is 1.07 bits per heavy atom. The molecule has 0 atom stereocenters. The van der Waals surface area contributed by atoms with Crippen LogP contribution in [0.1, 0.15) is 0 Å². The van der Waals surface area contributed by atoms with Crippen molar-refractivity contribution in [3.05, 3.63) is 48.5 Å². The number of hydrogen-bond acceptors (Lipinski definition) is 2. The summed E-state index contributed by atoms with van der Waals surface area (Å²) >= 11 is 0. The smallest absolute Gasteiger partial charge is 0.142 e. The molecule has 0 saturated carbocycles. The third-order valence-electron chi connectivity index (χ3n) is 1.92. The van der Waals surface area contributed by atoms with Crippen molar-refractivity contribution >= 4 is 5.69 Å². The van der Waals surface area contributed by atoms with Crippen molar-refractivity contribution in [2.75, 3.05) is 5.73 Å². The van der Waals surface area contributed by atoms with E-state index in [1.165, 1.54) is 12.3 Å². The number of anilines is 1. The Labute approximate surface area is 81.2 Å². The molecule has 2 N–H and O–H groups in total. The molecule has 3 heteroatoms. The second kappa shape index (κ2) is 3.46. The fraction of sp³-hybridized carbons (Fsp3) is 0. The summed E-state index contributed by atoms with van der Waals surface area (Å²) in [4.78, 5) is 3.77. The molecule has 0 aliphatic rings. The van der Waals surface area contributed by atoms with Gasteiger partial charge in [0.15, 0.2) is 0 Å². The number of hydrogen-bond donors (Lipinski definition) is 1. The Morgan fingerprint density at radius 3 is 2.64 bits per heavy atom. The SMILES string of the molecule is Nc1cccc(-c2cncc(F)c2)c1. The fourth-order valence-electron chi connectivity index (χ4n) is 1.29. The van der Waals surface area contributed by atoms with Crippen LogP contribution in [0.2, 0.25) is 0 Å². The molecule has 2 nitrogen and oxygen atoms in total. The van der Waals surface area contributed by atoms with E-state index in [0.717, 1.165) is 11.1 Å². The summed E-state index contributed by atoms with van der Waals surface area (Å²) in [6.07, 6.45) is 2.79. The van der Waals surface area contributed by atoms with E-state index in [0.29, 0.717) is 5.69 Å². The maximum absolute atomic E-state index is 12.9. The van der Waals surface area contributed by atoms with Gasteiger partial charge in [0.1, 0.15) is 5.82 Å². The number of nitrogen functional groups attached to an aromatic ring is 1. The Bertz CT molecular complexity index is 411. The highest BCUT2D eigenvalue weighted by molar-refractivity contribution is 5.66. The predicted octanol–water partition coefficient (Wildman–Crippen LogP) is 2.47. The van der Waals surface area contributed by atoms with Crippen molar-refractivity contribution in [1.82, 2.24) is 4.98 Å². The fourth-order valence-corrected chi connectivity index (χ4v) is 1.29. The summed E-state index contributed by atoms with van der Waals surface area (Å²) in [6.45, 7) is 0. The highest BCUT2D eigenvalue weighted by Crippen LogP contribution is 2.20. The normalized spacial score (nSPS) is 10.1. The first-order chi connectivity index (χ1) is 6.75. The minimum atomic E-state index is -0.343. The Balaban J connectivity index is 2.49. The first kappa shape index (κ1) is 8.69. The van der Waals surface area contributed by atoms with Crippen LogP contribution in [-0.2, 0) is 0 Å². The number of benzene rings is 1. The molecule has 0 aliphatic heterocycles. The number of pyridine rings is 1. The second-order valence-electron chi connectivity index (χ2n) is 3.02. The lowest BCUT2D eigenvalue weighted by Crippen LogP contribution is -1.86. The minimum Gasteiger partial charge on any atom is -0.399 e. The summed E-state index contributed by atoms with van der Waals surface area (Å²) in [5, 5.41) is 0. The maximum Gasteiger partial charge on any atom is 0.142 e. The van der Waals surface area contributed by atoms with E-state index in [1.807, 2.05) is 12.1 Å². The molecule has 0 unspecified atom stereocenters. The quantitative estimate of drug-likeness (QED) is 0.698. The molecule has 0 amide bonds. The molecule has 1 aromatic heterocycles. The van der Waals surface area contributed by atoms with Crippen LogP contribution < -0.4 is 5.73 Å². The molecule has 0 radical (unpaired) electrons. The van der Waals surface area contributed by atoms with Crippen LogP contribution >= 0.6 is 0 Å². The highest BCUT2D eigenvalue weighted by atomic mass is 19.1. The first-order valence-electron chi connectivity index (χ1n) is 4.22. The monoisotopic (exact) mass is 188 g/mol. The van der Waals surface area contributed by atoms with Crippen molar-refractivity contribution in [2.24, 2.45) is 0 Å². The van der Waals surface area contributed by atoms with Crippen LogP contribution in [0.15, 0.2) is 42.7 Å². The molecule has 0 spiro atoms. The molecule has 2 rings (SSSR count). The molecule has 1 aromatic carbocycles. The molecule has 0 aliphatic carbocycles. The summed E-state index contributed by atoms with van der Waals surface area (Å²) in [7, 11) is 0. The van der Waals surface area contributed by atoms with Gasteiger partial charge in [-0.15, -0.1) is 0 Å². The van der Waals surface area contributed by atoms with Crippen LogP contribution in [0.3, 0.4) is 0 Å².